The van der Waals surface area contributed by atoms with Gasteiger partial charge in [0.15, 0.2) is 6.61 Å². The van der Waals surface area contributed by atoms with Crippen LogP contribution in [0.3, 0.4) is 0 Å². The van der Waals surface area contributed by atoms with Crippen LogP contribution in [0.1, 0.15) is 37.3 Å². The van der Waals surface area contributed by atoms with Crippen molar-refractivity contribution in [2.75, 3.05) is 19.0 Å². The Hall–Kier alpha value is -1.55. The Morgan fingerprint density at radius 2 is 2.24 bits per heavy atom. The SMILES string of the molecule is CNC(c1ccc2c(c1)NC(=O)CO2)C1CC2CCC1C2. The summed E-state index contributed by atoms with van der Waals surface area (Å²) in [5, 5.41) is 6.42. The van der Waals surface area contributed by atoms with Crippen molar-refractivity contribution in [1.82, 2.24) is 5.32 Å². The number of benzene rings is 1. The molecular formula is C17H22N2O2. The summed E-state index contributed by atoms with van der Waals surface area (Å²) in [4.78, 5) is 11.5. The fourth-order valence-corrected chi connectivity index (χ4v) is 4.62. The maximum absolute atomic E-state index is 11.5. The molecule has 1 aromatic rings. The minimum Gasteiger partial charge on any atom is -0.482 e. The van der Waals surface area contributed by atoms with Crippen molar-refractivity contribution in [3.05, 3.63) is 23.8 Å². The Kier molecular flexibility index (Phi) is 3.14. The lowest BCUT2D eigenvalue weighted by molar-refractivity contribution is -0.118. The fraction of sp³-hybridized carbons (Fsp3) is 0.588. The zero-order valence-corrected chi connectivity index (χ0v) is 12.4. The molecule has 0 spiro atoms. The minimum absolute atomic E-state index is 0.0689. The molecule has 3 aliphatic rings. The first-order chi connectivity index (χ1) is 10.2. The zero-order valence-electron chi connectivity index (χ0n) is 12.4. The monoisotopic (exact) mass is 286 g/mol. The molecule has 0 aromatic heterocycles. The van der Waals surface area contributed by atoms with E-state index in [-0.39, 0.29) is 12.5 Å². The molecule has 112 valence electrons. The van der Waals surface area contributed by atoms with Gasteiger partial charge in [0.25, 0.3) is 5.91 Å². The Morgan fingerprint density at radius 3 is 2.95 bits per heavy atom. The maximum atomic E-state index is 11.5. The Morgan fingerprint density at radius 1 is 1.33 bits per heavy atom. The van der Waals surface area contributed by atoms with E-state index in [2.05, 4.69) is 22.8 Å². The van der Waals surface area contributed by atoms with E-state index in [4.69, 9.17) is 4.74 Å². The average molecular weight is 286 g/mol. The van der Waals surface area contributed by atoms with Crippen LogP contribution in [-0.4, -0.2) is 19.6 Å². The van der Waals surface area contributed by atoms with Gasteiger partial charge in [0.1, 0.15) is 5.75 Å². The molecular weight excluding hydrogens is 264 g/mol. The smallest absolute Gasteiger partial charge is 0.262 e. The van der Waals surface area contributed by atoms with Crippen LogP contribution < -0.4 is 15.4 Å². The van der Waals surface area contributed by atoms with Crippen LogP contribution >= 0.6 is 0 Å². The highest BCUT2D eigenvalue weighted by molar-refractivity contribution is 5.95. The molecule has 4 atom stereocenters. The summed E-state index contributed by atoms with van der Waals surface area (Å²) in [6.07, 6.45) is 5.56. The van der Waals surface area contributed by atoms with Crippen LogP contribution in [0.5, 0.6) is 5.75 Å². The highest BCUT2D eigenvalue weighted by atomic mass is 16.5. The van der Waals surface area contributed by atoms with E-state index < -0.39 is 0 Å². The third-order valence-corrected chi connectivity index (χ3v) is 5.53. The van der Waals surface area contributed by atoms with Crippen LogP contribution in [0.15, 0.2) is 18.2 Å². The zero-order chi connectivity index (χ0) is 14.4. The van der Waals surface area contributed by atoms with Crippen molar-refractivity contribution in [2.45, 2.75) is 31.7 Å². The summed E-state index contributed by atoms with van der Waals surface area (Å²) < 4.78 is 5.45. The van der Waals surface area contributed by atoms with E-state index in [0.717, 1.165) is 29.2 Å². The highest BCUT2D eigenvalue weighted by Gasteiger charge is 2.43. The average Bonchev–Trinajstić information content (AvgIpc) is 3.10. The third-order valence-electron chi connectivity index (χ3n) is 5.53. The van der Waals surface area contributed by atoms with Gasteiger partial charge in [-0.3, -0.25) is 4.79 Å². The van der Waals surface area contributed by atoms with Crippen LogP contribution in [0.25, 0.3) is 0 Å². The third kappa shape index (κ3) is 2.22. The number of anilines is 1. The Bertz CT molecular complexity index is 572. The van der Waals surface area contributed by atoms with Crippen molar-refractivity contribution in [1.29, 1.82) is 0 Å². The Labute approximate surface area is 125 Å². The molecule has 1 heterocycles. The molecule has 2 fully saturated rings. The van der Waals surface area contributed by atoms with Gasteiger partial charge in [0.05, 0.1) is 5.69 Å². The van der Waals surface area contributed by atoms with E-state index in [1.807, 2.05) is 13.1 Å². The van der Waals surface area contributed by atoms with E-state index in [1.54, 1.807) is 0 Å². The predicted octanol–water partition coefficient (Wildman–Crippen LogP) is 2.71. The second kappa shape index (κ2) is 5.02. The van der Waals surface area contributed by atoms with Crippen LogP contribution in [0, 0.1) is 17.8 Å². The van der Waals surface area contributed by atoms with Gasteiger partial charge in [-0.05, 0) is 61.8 Å². The van der Waals surface area contributed by atoms with Gasteiger partial charge in [-0.15, -0.1) is 0 Å². The largest absolute Gasteiger partial charge is 0.482 e. The van der Waals surface area contributed by atoms with Gasteiger partial charge in [0.2, 0.25) is 0 Å². The lowest BCUT2D eigenvalue weighted by Crippen LogP contribution is -2.30. The number of hydrogen-bond donors (Lipinski definition) is 2. The molecule has 21 heavy (non-hydrogen) atoms. The molecule has 0 saturated heterocycles. The maximum Gasteiger partial charge on any atom is 0.262 e. The highest BCUT2D eigenvalue weighted by Crippen LogP contribution is 2.52. The van der Waals surface area contributed by atoms with E-state index in [0.29, 0.717) is 6.04 Å². The number of fused-ring (bicyclic) bond motifs is 3. The summed E-state index contributed by atoms with van der Waals surface area (Å²) in [5.41, 5.74) is 2.08. The molecule has 1 aliphatic heterocycles. The number of nitrogens with one attached hydrogen (secondary N) is 2. The van der Waals surface area contributed by atoms with Crippen molar-refractivity contribution >= 4 is 11.6 Å². The topological polar surface area (TPSA) is 50.4 Å². The van der Waals surface area contributed by atoms with Crippen molar-refractivity contribution in [3.8, 4) is 5.75 Å². The van der Waals surface area contributed by atoms with Gasteiger partial charge in [-0.25, -0.2) is 0 Å². The number of carbonyl (C=O) groups is 1. The molecule has 4 heteroatoms. The van der Waals surface area contributed by atoms with Crippen molar-refractivity contribution < 1.29 is 9.53 Å². The molecule has 4 unspecified atom stereocenters. The Balaban J connectivity index is 1.62. The summed E-state index contributed by atoms with van der Waals surface area (Å²) in [5.74, 6) is 3.25. The van der Waals surface area contributed by atoms with E-state index in [1.165, 1.54) is 31.2 Å². The molecule has 1 aromatic carbocycles. The van der Waals surface area contributed by atoms with Gasteiger partial charge in [0, 0.05) is 6.04 Å². The molecule has 4 nitrogen and oxygen atoms in total. The summed E-state index contributed by atoms with van der Waals surface area (Å²) >= 11 is 0. The summed E-state index contributed by atoms with van der Waals surface area (Å²) in [6, 6.07) is 6.59. The standard InChI is InChI=1S/C17H22N2O2/c1-18-17(13-7-10-2-3-11(13)6-10)12-4-5-15-14(8-12)19-16(20)9-21-15/h4-5,8,10-11,13,17-18H,2-3,6-7,9H2,1H3,(H,19,20). The van der Waals surface area contributed by atoms with Crippen molar-refractivity contribution in [2.24, 2.45) is 17.8 Å². The first kappa shape index (κ1) is 13.1. The molecule has 2 aliphatic carbocycles. The van der Waals surface area contributed by atoms with Gasteiger partial charge in [-0.1, -0.05) is 12.5 Å². The number of ether oxygens (including phenoxy) is 1. The van der Waals surface area contributed by atoms with Crippen LogP contribution in [0.4, 0.5) is 5.69 Å². The normalized spacial score (nSPS) is 31.5. The first-order valence-corrected chi connectivity index (χ1v) is 7.98. The molecule has 2 N–H and O–H groups in total. The number of carbonyl (C=O) groups excluding carboxylic acids is 1. The van der Waals surface area contributed by atoms with Crippen LogP contribution in [0.2, 0.25) is 0 Å². The fourth-order valence-electron chi connectivity index (χ4n) is 4.62. The number of hydrogen-bond acceptors (Lipinski definition) is 3. The second-order valence-electron chi connectivity index (χ2n) is 6.70. The molecule has 1 amide bonds. The number of rotatable bonds is 3. The minimum atomic E-state index is -0.0689. The quantitative estimate of drug-likeness (QED) is 0.898. The van der Waals surface area contributed by atoms with Gasteiger partial charge in [-0.2, -0.15) is 0 Å². The lowest BCUT2D eigenvalue weighted by atomic mass is 9.80. The first-order valence-electron chi connectivity index (χ1n) is 7.98. The van der Waals surface area contributed by atoms with Crippen molar-refractivity contribution in [3.63, 3.8) is 0 Å². The molecule has 2 bridgehead atoms. The lowest BCUT2D eigenvalue weighted by Gasteiger charge is -2.31. The predicted molar refractivity (Wildman–Crippen MR) is 81.3 cm³/mol. The van der Waals surface area contributed by atoms with Gasteiger partial charge < -0.3 is 15.4 Å². The molecule has 0 radical (unpaired) electrons. The molecule has 2 saturated carbocycles. The van der Waals surface area contributed by atoms with E-state index >= 15 is 0 Å². The van der Waals surface area contributed by atoms with Gasteiger partial charge >= 0.3 is 0 Å². The second-order valence-corrected chi connectivity index (χ2v) is 6.70. The summed E-state index contributed by atoms with van der Waals surface area (Å²) in [7, 11) is 2.05. The molecule has 4 rings (SSSR count). The summed E-state index contributed by atoms with van der Waals surface area (Å²) in [6.45, 7) is 0.119. The van der Waals surface area contributed by atoms with E-state index in [9.17, 15) is 4.79 Å². The van der Waals surface area contributed by atoms with Crippen LogP contribution in [-0.2, 0) is 4.79 Å². The number of amides is 1.